The second-order valence-corrected chi connectivity index (χ2v) is 6.25. The van der Waals surface area contributed by atoms with E-state index in [2.05, 4.69) is 26.4 Å². The van der Waals surface area contributed by atoms with Crippen LogP contribution >= 0.6 is 0 Å². The first-order chi connectivity index (χ1) is 12.2. The monoisotopic (exact) mass is 347 g/mol. The van der Waals surface area contributed by atoms with Gasteiger partial charge in [-0.25, -0.2) is 0 Å². The Kier molecular flexibility index (Phi) is 8.09. The van der Waals surface area contributed by atoms with Crippen LogP contribution in [-0.4, -0.2) is 39.2 Å². The third kappa shape index (κ3) is 7.45. The van der Waals surface area contributed by atoms with Gasteiger partial charge in [0.1, 0.15) is 5.75 Å². The van der Waals surface area contributed by atoms with Crippen LogP contribution < -0.4 is 15.4 Å². The fourth-order valence-corrected chi connectivity index (χ4v) is 2.39. The molecule has 0 spiro atoms. The number of ether oxygens (including phenoxy) is 2. The third-order valence-corrected chi connectivity index (χ3v) is 4.14. The minimum absolute atomic E-state index is 0.162. The molecule has 0 heterocycles. The smallest absolute Gasteiger partial charge is 0.305 e. The maximum atomic E-state index is 11.1. The molecule has 1 fully saturated rings. The molecular weight excluding hydrogens is 318 g/mol. The van der Waals surface area contributed by atoms with Gasteiger partial charge in [0, 0.05) is 32.1 Å². The molecular formula is C19H29N3O3. The molecule has 1 aliphatic carbocycles. The van der Waals surface area contributed by atoms with Crippen LogP contribution in [0.5, 0.6) is 5.75 Å². The highest BCUT2D eigenvalue weighted by molar-refractivity contribution is 5.79. The maximum absolute atomic E-state index is 11.1. The Bertz CT molecular complexity index is 571. The van der Waals surface area contributed by atoms with Crippen molar-refractivity contribution in [3.05, 3.63) is 29.8 Å². The van der Waals surface area contributed by atoms with Crippen molar-refractivity contribution in [2.45, 2.75) is 38.6 Å². The van der Waals surface area contributed by atoms with Crippen molar-refractivity contribution < 1.29 is 14.3 Å². The molecule has 0 aliphatic heterocycles. The average Bonchev–Trinajstić information content (AvgIpc) is 3.47. The summed E-state index contributed by atoms with van der Waals surface area (Å²) in [6.45, 7) is 2.23. The highest BCUT2D eigenvalue weighted by atomic mass is 16.5. The number of aliphatic imine (C=N–C) groups is 1. The van der Waals surface area contributed by atoms with Crippen LogP contribution in [0, 0.1) is 5.92 Å². The zero-order valence-corrected chi connectivity index (χ0v) is 15.2. The number of methoxy groups -OCH3 is 1. The normalized spacial score (nSPS) is 14.1. The molecule has 1 aromatic carbocycles. The highest BCUT2D eigenvalue weighted by Crippen LogP contribution is 2.30. The molecule has 1 aliphatic rings. The number of guanidine groups is 1. The first-order valence-electron chi connectivity index (χ1n) is 8.95. The van der Waals surface area contributed by atoms with Gasteiger partial charge >= 0.3 is 5.97 Å². The van der Waals surface area contributed by atoms with Crippen LogP contribution in [0.1, 0.15) is 37.7 Å². The molecule has 2 rings (SSSR count). The Morgan fingerprint density at radius 1 is 1.24 bits per heavy atom. The molecule has 0 radical (unpaired) electrons. The van der Waals surface area contributed by atoms with E-state index < -0.39 is 0 Å². The van der Waals surface area contributed by atoms with E-state index >= 15 is 0 Å². The molecule has 6 heteroatoms. The molecule has 1 aromatic rings. The molecule has 0 bridgehead atoms. The van der Waals surface area contributed by atoms with Gasteiger partial charge in [-0.05, 0) is 37.7 Å². The van der Waals surface area contributed by atoms with Crippen molar-refractivity contribution in [2.75, 3.05) is 27.3 Å². The SMILES string of the molecule is CN=C(NCCCCC(=O)OC)NCc1ccccc1OCC1CC1. The molecule has 0 atom stereocenters. The topological polar surface area (TPSA) is 72.0 Å². The summed E-state index contributed by atoms with van der Waals surface area (Å²) in [6, 6.07) is 8.10. The molecule has 1 saturated carbocycles. The van der Waals surface area contributed by atoms with Crippen molar-refractivity contribution in [3.8, 4) is 5.75 Å². The number of unbranched alkanes of at least 4 members (excludes halogenated alkanes) is 1. The Hall–Kier alpha value is -2.24. The van der Waals surface area contributed by atoms with Crippen LogP contribution in [0.15, 0.2) is 29.3 Å². The van der Waals surface area contributed by atoms with Crippen molar-refractivity contribution >= 4 is 11.9 Å². The van der Waals surface area contributed by atoms with E-state index in [1.165, 1.54) is 20.0 Å². The van der Waals surface area contributed by atoms with E-state index in [1.54, 1.807) is 7.05 Å². The fraction of sp³-hybridized carbons (Fsp3) is 0.579. The molecule has 138 valence electrons. The van der Waals surface area contributed by atoms with Gasteiger partial charge in [0.2, 0.25) is 0 Å². The zero-order chi connectivity index (χ0) is 17.9. The van der Waals surface area contributed by atoms with E-state index in [-0.39, 0.29) is 5.97 Å². The summed E-state index contributed by atoms with van der Waals surface area (Å²) < 4.78 is 10.6. The number of para-hydroxylation sites is 1. The summed E-state index contributed by atoms with van der Waals surface area (Å²) in [4.78, 5) is 15.3. The summed E-state index contributed by atoms with van der Waals surface area (Å²) in [5, 5.41) is 6.56. The van der Waals surface area contributed by atoms with Gasteiger partial charge in [-0.1, -0.05) is 18.2 Å². The first-order valence-corrected chi connectivity index (χ1v) is 8.95. The van der Waals surface area contributed by atoms with Crippen molar-refractivity contribution in [1.29, 1.82) is 0 Å². The second kappa shape index (κ2) is 10.6. The Labute approximate surface area is 150 Å². The number of nitrogens with zero attached hydrogens (tertiary/aromatic N) is 1. The quantitative estimate of drug-likeness (QED) is 0.294. The van der Waals surface area contributed by atoms with Crippen LogP contribution in [-0.2, 0) is 16.1 Å². The number of nitrogens with one attached hydrogen (secondary N) is 2. The van der Waals surface area contributed by atoms with Gasteiger partial charge in [-0.3, -0.25) is 9.79 Å². The Morgan fingerprint density at radius 2 is 2.04 bits per heavy atom. The fourth-order valence-electron chi connectivity index (χ4n) is 2.39. The number of benzene rings is 1. The lowest BCUT2D eigenvalue weighted by Gasteiger charge is -2.14. The number of carbonyl (C=O) groups is 1. The average molecular weight is 347 g/mol. The Balaban J connectivity index is 1.70. The largest absolute Gasteiger partial charge is 0.493 e. The number of esters is 1. The van der Waals surface area contributed by atoms with E-state index in [0.29, 0.717) is 13.0 Å². The molecule has 0 unspecified atom stereocenters. The van der Waals surface area contributed by atoms with E-state index in [9.17, 15) is 4.79 Å². The molecule has 0 aromatic heterocycles. The van der Waals surface area contributed by atoms with Crippen LogP contribution in [0.2, 0.25) is 0 Å². The van der Waals surface area contributed by atoms with Crippen molar-refractivity contribution in [2.24, 2.45) is 10.9 Å². The van der Waals surface area contributed by atoms with Gasteiger partial charge in [0.15, 0.2) is 5.96 Å². The number of carbonyl (C=O) groups excluding carboxylic acids is 1. The number of rotatable bonds is 10. The summed E-state index contributed by atoms with van der Waals surface area (Å²) in [6.07, 6.45) is 4.71. The molecule has 2 N–H and O–H groups in total. The Morgan fingerprint density at radius 3 is 2.76 bits per heavy atom. The van der Waals surface area contributed by atoms with E-state index in [4.69, 9.17) is 4.74 Å². The first kappa shape index (κ1) is 19.1. The number of hydrogen-bond acceptors (Lipinski definition) is 4. The summed E-state index contributed by atoms with van der Waals surface area (Å²) >= 11 is 0. The third-order valence-electron chi connectivity index (χ3n) is 4.14. The lowest BCUT2D eigenvalue weighted by atomic mass is 10.2. The van der Waals surface area contributed by atoms with Gasteiger partial charge in [-0.2, -0.15) is 0 Å². The molecule has 0 saturated heterocycles. The van der Waals surface area contributed by atoms with Gasteiger partial charge in [0.25, 0.3) is 0 Å². The van der Waals surface area contributed by atoms with E-state index in [1.807, 2.05) is 18.2 Å². The molecule has 0 amide bonds. The maximum Gasteiger partial charge on any atom is 0.305 e. The standard InChI is InChI=1S/C19H29N3O3/c1-20-19(21-12-6-5-9-18(23)24-2)22-13-16-7-3-4-8-17(16)25-14-15-10-11-15/h3-4,7-8,15H,5-6,9-14H2,1-2H3,(H2,20,21,22). The van der Waals surface area contributed by atoms with E-state index in [0.717, 1.165) is 49.2 Å². The van der Waals surface area contributed by atoms with Crippen LogP contribution in [0.4, 0.5) is 0 Å². The minimum atomic E-state index is -0.162. The van der Waals surface area contributed by atoms with Gasteiger partial charge in [0.05, 0.1) is 13.7 Å². The lowest BCUT2D eigenvalue weighted by Crippen LogP contribution is -2.37. The van der Waals surface area contributed by atoms with Gasteiger partial charge in [-0.15, -0.1) is 0 Å². The van der Waals surface area contributed by atoms with Crippen molar-refractivity contribution in [1.82, 2.24) is 10.6 Å². The summed E-state index contributed by atoms with van der Waals surface area (Å²) in [7, 11) is 3.16. The van der Waals surface area contributed by atoms with Gasteiger partial charge < -0.3 is 20.1 Å². The number of hydrogen-bond donors (Lipinski definition) is 2. The summed E-state index contributed by atoms with van der Waals surface area (Å²) in [5.74, 6) is 2.26. The molecule has 6 nitrogen and oxygen atoms in total. The minimum Gasteiger partial charge on any atom is -0.493 e. The predicted molar refractivity (Wildman–Crippen MR) is 98.7 cm³/mol. The van der Waals surface area contributed by atoms with Crippen molar-refractivity contribution in [3.63, 3.8) is 0 Å². The lowest BCUT2D eigenvalue weighted by molar-refractivity contribution is -0.140. The zero-order valence-electron chi connectivity index (χ0n) is 15.2. The predicted octanol–water partition coefficient (Wildman–Crippen LogP) is 2.48. The van der Waals surface area contributed by atoms with Crippen LogP contribution in [0.3, 0.4) is 0 Å². The van der Waals surface area contributed by atoms with Crippen LogP contribution in [0.25, 0.3) is 0 Å². The second-order valence-electron chi connectivity index (χ2n) is 6.25. The highest BCUT2D eigenvalue weighted by Gasteiger charge is 2.22. The molecule has 25 heavy (non-hydrogen) atoms. The summed E-state index contributed by atoms with van der Waals surface area (Å²) in [5.41, 5.74) is 1.12.